The van der Waals surface area contributed by atoms with Crippen molar-refractivity contribution in [3.63, 3.8) is 0 Å². The molecule has 10 heteroatoms. The van der Waals surface area contributed by atoms with Gasteiger partial charge in [0.2, 0.25) is 11.7 Å². The van der Waals surface area contributed by atoms with Gasteiger partial charge >= 0.3 is 6.21 Å². The Labute approximate surface area is 121 Å². The minimum Gasteiger partial charge on any atom is -0.500 e. The zero-order chi connectivity index (χ0) is 15.9. The van der Waals surface area contributed by atoms with Gasteiger partial charge in [0.25, 0.3) is 0 Å². The molecule has 0 heterocycles. The number of amides is 1. The maximum atomic E-state index is 11.7. The number of aliphatic hydroxyl groups is 1. The monoisotopic (exact) mass is 321 g/mol. The molecule has 8 nitrogen and oxygen atoms in total. The van der Waals surface area contributed by atoms with Crippen molar-refractivity contribution in [2.45, 2.75) is 31.1 Å². The Morgan fingerprint density at radius 1 is 1.50 bits per heavy atom. The number of nitrogens with one attached hydrogen (secondary N) is 1. The second-order valence-electron chi connectivity index (χ2n) is 4.12. The predicted molar refractivity (Wildman–Crippen MR) is 75.4 cm³/mol. The Morgan fingerprint density at radius 2 is 2.05 bits per heavy atom. The Hall–Kier alpha value is -1.64. The number of rotatable bonds is 8. The summed E-state index contributed by atoms with van der Waals surface area (Å²) in [4.78, 5) is 25.3. The van der Waals surface area contributed by atoms with E-state index >= 15 is 0 Å². The summed E-state index contributed by atoms with van der Waals surface area (Å²) in [5.74, 6) is -1.35. The number of carbonyl (C=O) groups is 2. The minimum absolute atomic E-state index is 0.0393. The summed E-state index contributed by atoms with van der Waals surface area (Å²) in [6.07, 6.45) is 1.41. The summed E-state index contributed by atoms with van der Waals surface area (Å²) < 4.78 is 22.4. The van der Waals surface area contributed by atoms with Gasteiger partial charge in [-0.1, -0.05) is 0 Å². The molecule has 112 valence electrons. The molecule has 0 aliphatic heterocycles. The van der Waals surface area contributed by atoms with Crippen molar-refractivity contribution in [2.24, 2.45) is 0 Å². The van der Waals surface area contributed by atoms with Crippen LogP contribution in [-0.2, 0) is 19.4 Å². The second-order valence-corrected chi connectivity index (χ2v) is 6.91. The number of hydrogen-bond acceptors (Lipinski definition) is 5. The smallest absolute Gasteiger partial charge is 0.323 e. The molecule has 0 spiro atoms. The van der Waals surface area contributed by atoms with Crippen LogP contribution in [0.1, 0.15) is 19.8 Å². The van der Waals surface area contributed by atoms with E-state index in [2.05, 4.69) is 22.3 Å². The predicted octanol–water partition coefficient (Wildman–Crippen LogP) is -0.560. The van der Waals surface area contributed by atoms with E-state index in [1.165, 1.54) is 6.92 Å². The number of sulfone groups is 1. The van der Waals surface area contributed by atoms with Gasteiger partial charge in [0.05, 0.1) is 6.04 Å². The molecule has 0 bridgehead atoms. The van der Waals surface area contributed by atoms with Crippen molar-refractivity contribution in [1.82, 2.24) is 5.32 Å². The zero-order valence-corrected chi connectivity index (χ0v) is 12.6. The first-order valence-corrected chi connectivity index (χ1v) is 7.88. The third-order valence-electron chi connectivity index (χ3n) is 2.51. The van der Waals surface area contributed by atoms with Crippen LogP contribution in [0.15, 0.2) is 0 Å². The van der Waals surface area contributed by atoms with Gasteiger partial charge in [0, 0.05) is 12.7 Å². The molecule has 0 radical (unpaired) electrons. The molecule has 0 aromatic rings. The number of Topliss-reactive ketones (excluding diaryl/α,β-unsaturated/α-hetero) is 1. The lowest BCUT2D eigenvalue weighted by molar-refractivity contribution is -0.121. The van der Waals surface area contributed by atoms with Gasteiger partial charge in [0.15, 0.2) is 14.9 Å². The topological polar surface area (TPSA) is 137 Å². The number of ketones is 1. The summed E-state index contributed by atoms with van der Waals surface area (Å²) in [6.45, 7) is 1.20. The zero-order valence-electron chi connectivity index (χ0n) is 10.9. The minimum atomic E-state index is -3.57. The van der Waals surface area contributed by atoms with Gasteiger partial charge in [-0.25, -0.2) is 8.42 Å². The molecule has 0 aromatic heterocycles. The molecule has 2 atom stereocenters. The van der Waals surface area contributed by atoms with Gasteiger partial charge in [-0.15, -0.1) is 0 Å². The first-order valence-electron chi connectivity index (χ1n) is 5.52. The van der Waals surface area contributed by atoms with Crippen LogP contribution in [0.5, 0.6) is 0 Å². The fourth-order valence-electron chi connectivity index (χ4n) is 1.16. The standard InChI is InChI=1S/C10H15N3O5S2/c1-6(20(2,17)18)9(15)13-8(10(16)19)4-3-7(14)5-12-11/h5-6,8H,3-4H2,1-2H3,(H,13,15)(H,16,19)/t6-,8-/m0/s1. The van der Waals surface area contributed by atoms with Crippen molar-refractivity contribution in [3.8, 4) is 0 Å². The lowest BCUT2D eigenvalue weighted by Gasteiger charge is -2.17. The van der Waals surface area contributed by atoms with Gasteiger partial charge in [-0.3, -0.25) is 9.59 Å². The summed E-state index contributed by atoms with van der Waals surface area (Å²) in [5.41, 5.74) is 8.16. The highest BCUT2D eigenvalue weighted by Gasteiger charge is 2.27. The molecule has 0 saturated carbocycles. The number of aliphatic hydroxyl groups excluding tert-OH is 1. The molecule has 0 aliphatic carbocycles. The Kier molecular flexibility index (Phi) is 7.19. The molecule has 0 unspecified atom stereocenters. The highest BCUT2D eigenvalue weighted by atomic mass is 32.2. The summed E-state index contributed by atoms with van der Waals surface area (Å²) >= 11 is 4.53. The van der Waals surface area contributed by atoms with E-state index in [0.717, 1.165) is 6.26 Å². The molecule has 0 rings (SSSR count). The Morgan fingerprint density at radius 3 is 2.45 bits per heavy atom. The summed E-state index contributed by atoms with van der Waals surface area (Å²) in [5, 5.41) is 9.65. The van der Waals surface area contributed by atoms with Gasteiger partial charge < -0.3 is 16.0 Å². The van der Waals surface area contributed by atoms with Crippen molar-refractivity contribution in [2.75, 3.05) is 6.26 Å². The Balaban J connectivity index is 4.72. The molecular weight excluding hydrogens is 306 g/mol. The molecule has 20 heavy (non-hydrogen) atoms. The molecule has 1 amide bonds. The van der Waals surface area contributed by atoms with E-state index < -0.39 is 37.9 Å². The average molecular weight is 321 g/mol. The molecule has 0 aliphatic rings. The van der Waals surface area contributed by atoms with Crippen LogP contribution in [0.4, 0.5) is 0 Å². The number of hydrogen-bond donors (Lipinski definition) is 2. The van der Waals surface area contributed by atoms with Gasteiger partial charge in [-0.05, 0) is 25.6 Å². The van der Waals surface area contributed by atoms with E-state index in [1.807, 2.05) is 0 Å². The van der Waals surface area contributed by atoms with Gasteiger partial charge in [-0.2, -0.15) is 4.79 Å². The third kappa shape index (κ3) is 6.50. The fourth-order valence-corrected chi connectivity index (χ4v) is 1.79. The highest BCUT2D eigenvalue weighted by molar-refractivity contribution is 7.92. The maximum Gasteiger partial charge on any atom is 0.323 e. The molecule has 2 N–H and O–H groups in total. The van der Waals surface area contributed by atoms with Crippen LogP contribution < -0.4 is 5.32 Å². The number of carbonyl (C=O) groups excluding carboxylic acids is 2. The van der Waals surface area contributed by atoms with E-state index in [1.54, 1.807) is 0 Å². The van der Waals surface area contributed by atoms with Crippen molar-refractivity contribution in [1.29, 1.82) is 0 Å². The summed E-state index contributed by atoms with van der Waals surface area (Å²) in [7, 11) is -3.57. The molecule has 0 fully saturated rings. The maximum absolute atomic E-state index is 11.7. The molecular formula is C10H15N3O5S2. The molecule has 0 aromatic carbocycles. The normalized spacial score (nSPS) is 13.7. The lowest BCUT2D eigenvalue weighted by atomic mass is 10.1. The largest absolute Gasteiger partial charge is 0.500 e. The van der Waals surface area contributed by atoms with E-state index in [-0.39, 0.29) is 12.8 Å². The first-order chi connectivity index (χ1) is 9.09. The summed E-state index contributed by atoms with van der Waals surface area (Å²) in [6, 6.07) is -1.03. The molecule has 0 saturated heterocycles. The second kappa shape index (κ2) is 7.83. The SMILES string of the molecule is C[C@@H](C(=O)N[C@@H](CCC(=O)C=[N+]=[N-])C(O)=S)S(C)(=O)=O. The third-order valence-corrected chi connectivity index (χ3v) is 4.29. The highest BCUT2D eigenvalue weighted by Crippen LogP contribution is 2.03. The van der Waals surface area contributed by atoms with Crippen LogP contribution in [0.2, 0.25) is 0 Å². The van der Waals surface area contributed by atoms with E-state index in [9.17, 15) is 23.1 Å². The van der Waals surface area contributed by atoms with Crippen LogP contribution >= 0.6 is 12.2 Å². The fraction of sp³-hybridized carbons (Fsp3) is 0.600. The quantitative estimate of drug-likeness (QED) is 0.266. The van der Waals surface area contributed by atoms with Crippen LogP contribution in [0, 0.1) is 0 Å². The number of nitrogens with zero attached hydrogens (tertiary/aromatic N) is 2. The van der Waals surface area contributed by atoms with Crippen molar-refractivity contribution >= 4 is 45.0 Å². The average Bonchev–Trinajstić information content (AvgIpc) is 2.31. The van der Waals surface area contributed by atoms with E-state index in [4.69, 9.17) is 5.53 Å². The lowest BCUT2D eigenvalue weighted by Crippen LogP contribution is -2.46. The van der Waals surface area contributed by atoms with Crippen LogP contribution in [-0.4, -0.2) is 58.8 Å². The first kappa shape index (κ1) is 18.4. The van der Waals surface area contributed by atoms with Gasteiger partial charge in [0.1, 0.15) is 5.25 Å². The van der Waals surface area contributed by atoms with Crippen LogP contribution in [0.25, 0.3) is 5.53 Å². The Bertz CT molecular complexity index is 551. The van der Waals surface area contributed by atoms with Crippen molar-refractivity contribution in [3.05, 3.63) is 5.53 Å². The van der Waals surface area contributed by atoms with Crippen LogP contribution in [0.3, 0.4) is 0 Å². The number of thiocarbonyl (C=S) groups is 1. The van der Waals surface area contributed by atoms with E-state index in [0.29, 0.717) is 6.21 Å². The van der Waals surface area contributed by atoms with Crippen molar-refractivity contribution < 1.29 is 27.9 Å².